The summed E-state index contributed by atoms with van der Waals surface area (Å²) in [6.45, 7) is 0. The van der Waals surface area contributed by atoms with Crippen LogP contribution in [0.4, 0.5) is 4.39 Å². The number of rotatable bonds is 6. The Bertz CT molecular complexity index is 1120. The first-order chi connectivity index (χ1) is 14.9. The number of hydrogen-bond acceptors (Lipinski definition) is 7. The number of hydrogen-bond donors (Lipinski definition) is 2. The molecule has 2 aromatic rings. The first-order valence-corrected chi connectivity index (χ1v) is 11.1. The minimum Gasteiger partial charge on any atom is -0.424 e. The molecule has 1 saturated carbocycles. The van der Waals surface area contributed by atoms with E-state index >= 15 is 4.39 Å². The van der Waals surface area contributed by atoms with Gasteiger partial charge in [0.1, 0.15) is 12.2 Å². The molecule has 0 spiro atoms. The molecule has 10 heteroatoms. The Kier molecular flexibility index (Phi) is 5.19. The van der Waals surface area contributed by atoms with Crippen LogP contribution in [0.5, 0.6) is 0 Å². The molecular formula is C21H19ClFN5O2S. The number of nitrogens with zero attached hydrogens (tertiary/aromatic N) is 3. The lowest BCUT2D eigenvalue weighted by molar-refractivity contribution is -0.121. The minimum atomic E-state index is -0.582. The van der Waals surface area contributed by atoms with Gasteiger partial charge in [0.05, 0.1) is 28.4 Å². The molecule has 0 bridgehead atoms. The molecule has 160 valence electrons. The summed E-state index contributed by atoms with van der Waals surface area (Å²) < 4.78 is 20.8. The van der Waals surface area contributed by atoms with Crippen molar-refractivity contribution in [1.29, 1.82) is 0 Å². The van der Waals surface area contributed by atoms with Crippen LogP contribution < -0.4 is 11.1 Å². The first-order valence-electron chi connectivity index (χ1n) is 9.87. The number of amides is 1. The Morgan fingerprint density at radius 2 is 2.03 bits per heavy atom. The van der Waals surface area contributed by atoms with Gasteiger partial charge in [-0.05, 0) is 30.5 Å². The van der Waals surface area contributed by atoms with Crippen molar-refractivity contribution in [3.8, 4) is 0 Å². The van der Waals surface area contributed by atoms with Crippen LogP contribution in [0, 0.1) is 0 Å². The van der Waals surface area contributed by atoms with Gasteiger partial charge in [-0.3, -0.25) is 9.79 Å². The predicted molar refractivity (Wildman–Crippen MR) is 117 cm³/mol. The lowest BCUT2D eigenvalue weighted by Gasteiger charge is -2.19. The maximum absolute atomic E-state index is 15.2. The van der Waals surface area contributed by atoms with Crippen molar-refractivity contribution >= 4 is 39.9 Å². The van der Waals surface area contributed by atoms with Crippen molar-refractivity contribution in [1.82, 2.24) is 15.5 Å². The summed E-state index contributed by atoms with van der Waals surface area (Å²) in [7, 11) is 0. The van der Waals surface area contributed by atoms with Crippen LogP contribution in [-0.4, -0.2) is 38.1 Å². The third kappa shape index (κ3) is 4.44. The van der Waals surface area contributed by atoms with Crippen molar-refractivity contribution in [2.45, 2.75) is 42.6 Å². The van der Waals surface area contributed by atoms with Crippen LogP contribution >= 0.6 is 23.4 Å². The quantitative estimate of drug-likeness (QED) is 0.642. The SMILES string of the molecule is NC1(NC(=O)Cc2nnc(CC3=NC4C=CC(c5ccc(Cl)cc5)=C(F)C4S3)o2)CC1. The summed E-state index contributed by atoms with van der Waals surface area (Å²) in [6, 6.07) is 6.81. The van der Waals surface area contributed by atoms with Crippen molar-refractivity contribution in [3.63, 3.8) is 0 Å². The summed E-state index contributed by atoms with van der Waals surface area (Å²) in [5.41, 5.74) is 6.61. The maximum atomic E-state index is 15.2. The third-order valence-corrected chi connectivity index (χ3v) is 6.80. The number of aromatic nitrogens is 2. The lowest BCUT2D eigenvalue weighted by atomic mass is 9.96. The highest BCUT2D eigenvalue weighted by molar-refractivity contribution is 8.15. The molecule has 3 N–H and O–H groups in total. The fraction of sp³-hybridized carbons (Fsp3) is 0.333. The molecule has 7 nitrogen and oxygen atoms in total. The highest BCUT2D eigenvalue weighted by Gasteiger charge is 2.40. The van der Waals surface area contributed by atoms with Crippen LogP contribution in [-0.2, 0) is 17.6 Å². The number of halogens is 2. The van der Waals surface area contributed by atoms with E-state index in [1.807, 2.05) is 6.08 Å². The van der Waals surface area contributed by atoms with E-state index < -0.39 is 10.9 Å². The Balaban J connectivity index is 1.23. The van der Waals surface area contributed by atoms with Crippen LogP contribution in [0.25, 0.3) is 5.57 Å². The molecule has 1 aromatic heterocycles. The molecular weight excluding hydrogens is 441 g/mol. The third-order valence-electron chi connectivity index (χ3n) is 5.29. The second-order valence-electron chi connectivity index (χ2n) is 7.83. The van der Waals surface area contributed by atoms with Gasteiger partial charge in [0.25, 0.3) is 0 Å². The van der Waals surface area contributed by atoms with E-state index in [1.54, 1.807) is 30.3 Å². The van der Waals surface area contributed by atoms with Gasteiger partial charge in [-0.1, -0.05) is 47.6 Å². The zero-order valence-corrected chi connectivity index (χ0v) is 17.9. The molecule has 3 aliphatic rings. The summed E-state index contributed by atoms with van der Waals surface area (Å²) >= 11 is 7.29. The second kappa shape index (κ2) is 7.89. The number of thioether (sulfide) groups is 1. The average molecular weight is 460 g/mol. The molecule has 0 saturated heterocycles. The highest BCUT2D eigenvalue weighted by Crippen LogP contribution is 2.41. The van der Waals surface area contributed by atoms with E-state index in [0.29, 0.717) is 28.0 Å². The van der Waals surface area contributed by atoms with Crippen molar-refractivity contribution in [2.24, 2.45) is 10.7 Å². The standard InChI is InChI=1S/C21H19ClFN5O2S/c22-12-3-1-11(2-4-12)13-5-6-14-20(19(13)23)31-18(25-14)10-17-28-27-16(30-17)9-15(29)26-21(24)7-8-21/h1-6,14,20H,7-10,24H2,(H,26,29). The number of carbonyl (C=O) groups is 1. The minimum absolute atomic E-state index is 0.0264. The summed E-state index contributed by atoms with van der Waals surface area (Å²) in [5.74, 6) is 0.0970. The molecule has 2 unspecified atom stereocenters. The monoisotopic (exact) mass is 459 g/mol. The van der Waals surface area contributed by atoms with Crippen LogP contribution in [0.1, 0.15) is 30.2 Å². The van der Waals surface area contributed by atoms with E-state index in [1.165, 1.54) is 11.8 Å². The molecule has 1 fully saturated rings. The van der Waals surface area contributed by atoms with Crippen LogP contribution in [0.3, 0.4) is 0 Å². The Morgan fingerprint density at radius 1 is 1.29 bits per heavy atom. The van der Waals surface area contributed by atoms with E-state index in [2.05, 4.69) is 20.5 Å². The molecule has 1 aliphatic heterocycles. The van der Waals surface area contributed by atoms with Crippen LogP contribution in [0.15, 0.2) is 51.7 Å². The first kappa shape index (κ1) is 20.4. The van der Waals surface area contributed by atoms with Gasteiger partial charge in [0.2, 0.25) is 17.7 Å². The number of nitrogens with one attached hydrogen (secondary N) is 1. The molecule has 1 aromatic carbocycles. The maximum Gasteiger partial charge on any atom is 0.230 e. The zero-order chi connectivity index (χ0) is 21.6. The number of nitrogens with two attached hydrogens (primary N) is 1. The normalized spacial score (nSPS) is 23.5. The van der Waals surface area contributed by atoms with Crippen molar-refractivity contribution in [2.75, 3.05) is 0 Å². The van der Waals surface area contributed by atoms with E-state index in [-0.39, 0.29) is 30.1 Å². The molecule has 0 radical (unpaired) electrons. The number of allylic oxidation sites excluding steroid dienone is 2. The number of aliphatic imine (C=N–C) groups is 1. The molecule has 1 amide bonds. The van der Waals surface area contributed by atoms with Crippen molar-refractivity contribution < 1.29 is 13.6 Å². The van der Waals surface area contributed by atoms with E-state index in [9.17, 15) is 4.79 Å². The highest BCUT2D eigenvalue weighted by atomic mass is 35.5. The predicted octanol–water partition coefficient (Wildman–Crippen LogP) is 3.21. The van der Waals surface area contributed by atoms with Gasteiger partial charge >= 0.3 is 0 Å². The van der Waals surface area contributed by atoms with Gasteiger partial charge in [-0.15, -0.1) is 10.2 Å². The summed E-state index contributed by atoms with van der Waals surface area (Å²) in [6.07, 6.45) is 5.48. The smallest absolute Gasteiger partial charge is 0.230 e. The largest absolute Gasteiger partial charge is 0.424 e. The van der Waals surface area contributed by atoms with Gasteiger partial charge in [-0.25, -0.2) is 4.39 Å². The second-order valence-corrected chi connectivity index (χ2v) is 9.48. The molecule has 2 aliphatic carbocycles. The Morgan fingerprint density at radius 3 is 2.77 bits per heavy atom. The summed E-state index contributed by atoms with van der Waals surface area (Å²) in [5, 5.41) is 11.6. The molecule has 2 heterocycles. The zero-order valence-electron chi connectivity index (χ0n) is 16.3. The number of carbonyl (C=O) groups excluding carboxylic acids is 1. The fourth-order valence-corrected chi connectivity index (χ4v) is 4.81. The van der Waals surface area contributed by atoms with E-state index in [0.717, 1.165) is 18.4 Å². The fourth-order valence-electron chi connectivity index (χ4n) is 3.48. The van der Waals surface area contributed by atoms with Gasteiger partial charge < -0.3 is 15.5 Å². The van der Waals surface area contributed by atoms with Gasteiger partial charge in [0.15, 0.2) is 0 Å². The lowest BCUT2D eigenvalue weighted by Crippen LogP contribution is -2.44. The molecule has 5 rings (SSSR count). The van der Waals surface area contributed by atoms with Gasteiger partial charge in [-0.2, -0.15) is 0 Å². The Labute approximate surface area is 187 Å². The average Bonchev–Trinajstić information content (AvgIpc) is 3.11. The number of fused-ring (bicyclic) bond motifs is 1. The van der Waals surface area contributed by atoms with Crippen LogP contribution in [0.2, 0.25) is 5.02 Å². The number of benzene rings is 1. The molecule has 31 heavy (non-hydrogen) atoms. The molecule has 2 atom stereocenters. The van der Waals surface area contributed by atoms with Gasteiger partial charge in [0, 0.05) is 10.6 Å². The Hall–Kier alpha value is -2.49. The van der Waals surface area contributed by atoms with Crippen molar-refractivity contribution in [3.05, 3.63) is 64.6 Å². The summed E-state index contributed by atoms with van der Waals surface area (Å²) in [4.78, 5) is 16.6. The topological polar surface area (TPSA) is 106 Å². The van der Waals surface area contributed by atoms with E-state index in [4.69, 9.17) is 21.8 Å².